The Bertz CT molecular complexity index is 1060. The van der Waals surface area contributed by atoms with E-state index in [2.05, 4.69) is 39.6 Å². The van der Waals surface area contributed by atoms with Crippen molar-refractivity contribution in [3.05, 3.63) is 59.9 Å². The Morgan fingerprint density at radius 3 is 2.85 bits per heavy atom. The van der Waals surface area contributed by atoms with Gasteiger partial charge in [0.2, 0.25) is 0 Å². The van der Waals surface area contributed by atoms with Crippen LogP contribution >= 0.6 is 0 Å². The summed E-state index contributed by atoms with van der Waals surface area (Å²) in [7, 11) is -3.27. The molecule has 134 valence electrons. The van der Waals surface area contributed by atoms with Crippen LogP contribution in [0.5, 0.6) is 0 Å². The highest BCUT2D eigenvalue weighted by Gasteiger charge is 2.20. The van der Waals surface area contributed by atoms with Crippen LogP contribution in [-0.2, 0) is 16.3 Å². The predicted molar refractivity (Wildman–Crippen MR) is 103 cm³/mol. The van der Waals surface area contributed by atoms with Crippen molar-refractivity contribution < 1.29 is 8.42 Å². The Balaban J connectivity index is 1.64. The van der Waals surface area contributed by atoms with Gasteiger partial charge in [0.15, 0.2) is 9.84 Å². The molecule has 1 N–H and O–H groups in total. The molecule has 0 saturated heterocycles. The average Bonchev–Trinajstić information content (AvgIpc) is 2.65. The van der Waals surface area contributed by atoms with Crippen molar-refractivity contribution in [3.8, 4) is 0 Å². The second kappa shape index (κ2) is 6.68. The van der Waals surface area contributed by atoms with Gasteiger partial charge in [0, 0.05) is 24.1 Å². The van der Waals surface area contributed by atoms with Crippen LogP contribution in [0, 0.1) is 0 Å². The highest BCUT2D eigenvalue weighted by Crippen LogP contribution is 2.32. The van der Waals surface area contributed by atoms with Crippen LogP contribution in [0.4, 0.5) is 5.82 Å². The lowest BCUT2D eigenvalue weighted by atomic mass is 9.83. The number of sulfone groups is 1. The van der Waals surface area contributed by atoms with E-state index in [-0.39, 0.29) is 4.90 Å². The normalized spacial score (nSPS) is 17.0. The first-order chi connectivity index (χ1) is 12.5. The lowest BCUT2D eigenvalue weighted by molar-refractivity contribution is 0.571. The van der Waals surface area contributed by atoms with Gasteiger partial charge >= 0.3 is 0 Å². The van der Waals surface area contributed by atoms with Gasteiger partial charge in [-0.3, -0.25) is 0 Å². The van der Waals surface area contributed by atoms with E-state index in [1.165, 1.54) is 30.1 Å². The molecule has 0 fully saturated rings. The molecule has 0 bridgehead atoms. The van der Waals surface area contributed by atoms with Gasteiger partial charge in [-0.25, -0.2) is 18.4 Å². The molecule has 1 aliphatic carbocycles. The van der Waals surface area contributed by atoms with E-state index in [0.717, 1.165) is 30.3 Å². The van der Waals surface area contributed by atoms with Crippen molar-refractivity contribution in [2.75, 3.05) is 18.1 Å². The van der Waals surface area contributed by atoms with E-state index in [9.17, 15) is 8.42 Å². The summed E-state index contributed by atoms with van der Waals surface area (Å²) in [6.45, 7) is 0.770. The van der Waals surface area contributed by atoms with E-state index >= 15 is 0 Å². The first-order valence-electron chi connectivity index (χ1n) is 8.79. The van der Waals surface area contributed by atoms with Gasteiger partial charge in [-0.1, -0.05) is 24.3 Å². The molecule has 0 saturated carbocycles. The lowest BCUT2D eigenvalue weighted by Crippen LogP contribution is -2.18. The Labute approximate surface area is 153 Å². The Morgan fingerprint density at radius 2 is 2.00 bits per heavy atom. The molecule has 1 aromatic heterocycles. The quantitative estimate of drug-likeness (QED) is 0.763. The van der Waals surface area contributed by atoms with Crippen molar-refractivity contribution in [3.63, 3.8) is 0 Å². The third-order valence-electron chi connectivity index (χ3n) is 5.04. The lowest BCUT2D eigenvalue weighted by Gasteiger charge is -2.26. The molecule has 4 rings (SSSR count). The Hall–Kier alpha value is -2.47. The molecule has 1 unspecified atom stereocenters. The SMILES string of the molecule is CS(=O)(=O)c1ccc2ncnc(NCC3CCCc4ccccc43)c2c1. The third-order valence-corrected chi connectivity index (χ3v) is 6.15. The van der Waals surface area contributed by atoms with Gasteiger partial charge in [0.25, 0.3) is 0 Å². The molecule has 1 atom stereocenters. The number of aromatic nitrogens is 2. The molecule has 1 aliphatic rings. The standard InChI is InChI=1S/C20H21N3O2S/c1-26(24,25)16-9-10-19-18(11-16)20(23-13-22-19)21-12-15-7-4-6-14-5-2-3-8-17(14)15/h2-3,5,8-11,13,15H,4,6-7,12H2,1H3,(H,21,22,23). The molecule has 26 heavy (non-hydrogen) atoms. The molecule has 2 aromatic carbocycles. The zero-order valence-corrected chi connectivity index (χ0v) is 15.5. The maximum atomic E-state index is 11.9. The molecular weight excluding hydrogens is 346 g/mol. The van der Waals surface area contributed by atoms with Crippen molar-refractivity contribution in [1.82, 2.24) is 9.97 Å². The number of hydrogen-bond donors (Lipinski definition) is 1. The molecular formula is C20H21N3O2S. The van der Waals surface area contributed by atoms with Crippen LogP contribution < -0.4 is 5.32 Å². The van der Waals surface area contributed by atoms with E-state index in [1.54, 1.807) is 18.2 Å². The van der Waals surface area contributed by atoms with Crippen LogP contribution in [0.15, 0.2) is 53.7 Å². The highest BCUT2D eigenvalue weighted by atomic mass is 32.2. The fraction of sp³-hybridized carbons (Fsp3) is 0.300. The fourth-order valence-electron chi connectivity index (χ4n) is 3.69. The molecule has 5 nitrogen and oxygen atoms in total. The van der Waals surface area contributed by atoms with Gasteiger partial charge in [-0.2, -0.15) is 0 Å². The molecule has 0 aliphatic heterocycles. The summed E-state index contributed by atoms with van der Waals surface area (Å²) >= 11 is 0. The number of aryl methyl sites for hydroxylation is 1. The van der Waals surface area contributed by atoms with Crippen LogP contribution in [0.2, 0.25) is 0 Å². The second-order valence-corrected chi connectivity index (χ2v) is 8.86. The summed E-state index contributed by atoms with van der Waals surface area (Å²) in [5.74, 6) is 1.12. The molecule has 0 amide bonds. The van der Waals surface area contributed by atoms with E-state index in [4.69, 9.17) is 0 Å². The number of benzene rings is 2. The topological polar surface area (TPSA) is 72.0 Å². The first-order valence-corrected chi connectivity index (χ1v) is 10.7. The van der Waals surface area contributed by atoms with Gasteiger partial charge in [-0.05, 0) is 48.6 Å². The summed E-state index contributed by atoms with van der Waals surface area (Å²) in [6, 6.07) is 13.6. The minimum atomic E-state index is -3.27. The number of rotatable bonds is 4. The summed E-state index contributed by atoms with van der Waals surface area (Å²) in [5, 5.41) is 4.17. The molecule has 0 spiro atoms. The summed E-state index contributed by atoms with van der Waals surface area (Å²) in [6.07, 6.45) is 6.19. The molecule has 3 aromatic rings. The number of anilines is 1. The summed E-state index contributed by atoms with van der Waals surface area (Å²) in [4.78, 5) is 8.89. The number of fused-ring (bicyclic) bond motifs is 2. The number of nitrogens with one attached hydrogen (secondary N) is 1. The van der Waals surface area contributed by atoms with Crippen LogP contribution in [0.3, 0.4) is 0 Å². The van der Waals surface area contributed by atoms with Crippen molar-refractivity contribution in [2.24, 2.45) is 0 Å². The van der Waals surface area contributed by atoms with E-state index in [1.807, 2.05) is 0 Å². The van der Waals surface area contributed by atoms with Gasteiger partial charge in [0.1, 0.15) is 12.1 Å². The monoisotopic (exact) mass is 367 g/mol. The van der Waals surface area contributed by atoms with Crippen molar-refractivity contribution >= 4 is 26.6 Å². The van der Waals surface area contributed by atoms with Gasteiger partial charge in [0.05, 0.1) is 10.4 Å². The number of hydrogen-bond acceptors (Lipinski definition) is 5. The third kappa shape index (κ3) is 3.29. The molecule has 0 radical (unpaired) electrons. The minimum absolute atomic E-state index is 0.283. The maximum absolute atomic E-state index is 11.9. The van der Waals surface area contributed by atoms with Crippen LogP contribution in [0.1, 0.15) is 29.9 Å². The molecule has 6 heteroatoms. The van der Waals surface area contributed by atoms with E-state index < -0.39 is 9.84 Å². The van der Waals surface area contributed by atoms with Crippen LogP contribution in [0.25, 0.3) is 10.9 Å². The smallest absolute Gasteiger partial charge is 0.175 e. The Morgan fingerprint density at radius 1 is 1.15 bits per heavy atom. The second-order valence-electron chi connectivity index (χ2n) is 6.84. The minimum Gasteiger partial charge on any atom is -0.369 e. The first kappa shape index (κ1) is 17.0. The largest absolute Gasteiger partial charge is 0.369 e. The maximum Gasteiger partial charge on any atom is 0.175 e. The van der Waals surface area contributed by atoms with Gasteiger partial charge < -0.3 is 5.32 Å². The van der Waals surface area contributed by atoms with E-state index in [0.29, 0.717) is 11.7 Å². The summed E-state index contributed by atoms with van der Waals surface area (Å²) < 4.78 is 23.7. The van der Waals surface area contributed by atoms with Crippen LogP contribution in [-0.4, -0.2) is 31.2 Å². The Kier molecular flexibility index (Phi) is 4.36. The molecule has 1 heterocycles. The zero-order valence-electron chi connectivity index (χ0n) is 14.6. The average molecular weight is 367 g/mol. The number of nitrogens with zero attached hydrogens (tertiary/aromatic N) is 2. The zero-order chi connectivity index (χ0) is 18.1. The van der Waals surface area contributed by atoms with Crippen molar-refractivity contribution in [2.45, 2.75) is 30.1 Å². The summed E-state index contributed by atoms with van der Waals surface area (Å²) in [5.41, 5.74) is 3.57. The highest BCUT2D eigenvalue weighted by molar-refractivity contribution is 7.90. The van der Waals surface area contributed by atoms with Crippen molar-refractivity contribution in [1.29, 1.82) is 0 Å². The van der Waals surface area contributed by atoms with Gasteiger partial charge in [-0.15, -0.1) is 0 Å². The predicted octanol–water partition coefficient (Wildman–Crippen LogP) is 3.57. The fourth-order valence-corrected chi connectivity index (χ4v) is 4.34.